The van der Waals surface area contributed by atoms with Crippen molar-refractivity contribution in [1.82, 2.24) is 9.55 Å². The van der Waals surface area contributed by atoms with Gasteiger partial charge in [0.25, 0.3) is 5.56 Å². The summed E-state index contributed by atoms with van der Waals surface area (Å²) in [4.78, 5) is 31.6. The average Bonchev–Trinajstić information content (AvgIpc) is 3.10. The van der Waals surface area contributed by atoms with Crippen LogP contribution in [-0.2, 0) is 23.0 Å². The molecule has 0 amide bonds. The van der Waals surface area contributed by atoms with Crippen LogP contribution in [0.1, 0.15) is 29.8 Å². The van der Waals surface area contributed by atoms with Gasteiger partial charge >= 0.3 is 5.97 Å². The highest BCUT2D eigenvalue weighted by Gasteiger charge is 2.35. The largest absolute Gasteiger partial charge is 0.460 e. The molecule has 7 nitrogen and oxygen atoms in total. The van der Waals surface area contributed by atoms with Gasteiger partial charge in [0, 0.05) is 45.7 Å². The average molecular weight is 467 g/mol. The minimum atomic E-state index is -0.373. The van der Waals surface area contributed by atoms with Gasteiger partial charge in [0.1, 0.15) is 17.6 Å². The van der Waals surface area contributed by atoms with Gasteiger partial charge in [0.2, 0.25) is 0 Å². The molecular weight excluding hydrogens is 440 g/mol. The Bertz CT molecular complexity index is 1290. The van der Waals surface area contributed by atoms with Crippen LogP contribution in [0.4, 0.5) is 11.5 Å². The van der Waals surface area contributed by atoms with Gasteiger partial charge in [-0.3, -0.25) is 14.2 Å². The van der Waals surface area contributed by atoms with Gasteiger partial charge in [-0.25, -0.2) is 4.98 Å². The van der Waals surface area contributed by atoms with Gasteiger partial charge in [-0.2, -0.15) is 0 Å². The van der Waals surface area contributed by atoms with E-state index in [-0.39, 0.29) is 23.7 Å². The summed E-state index contributed by atoms with van der Waals surface area (Å²) >= 11 is 6.51. The van der Waals surface area contributed by atoms with E-state index in [0.29, 0.717) is 34.2 Å². The van der Waals surface area contributed by atoms with Crippen molar-refractivity contribution in [2.45, 2.75) is 32.4 Å². The van der Waals surface area contributed by atoms with E-state index < -0.39 is 0 Å². The van der Waals surface area contributed by atoms with Crippen molar-refractivity contribution < 1.29 is 9.53 Å². The third-order valence-electron chi connectivity index (χ3n) is 5.98. The Kier molecular flexibility index (Phi) is 6.17. The van der Waals surface area contributed by atoms with Gasteiger partial charge in [0.15, 0.2) is 0 Å². The second-order valence-electron chi connectivity index (χ2n) is 8.49. The number of anilines is 2. The van der Waals surface area contributed by atoms with E-state index in [2.05, 4.69) is 10.3 Å². The molecule has 0 fully saturated rings. The fraction of sp³-hybridized carbons (Fsp3) is 0.320. The van der Waals surface area contributed by atoms with Gasteiger partial charge < -0.3 is 15.0 Å². The third kappa shape index (κ3) is 4.33. The summed E-state index contributed by atoms with van der Waals surface area (Å²) in [5, 5.41) is 3.89. The predicted molar refractivity (Wildman–Crippen MR) is 131 cm³/mol. The zero-order valence-electron chi connectivity index (χ0n) is 19.3. The van der Waals surface area contributed by atoms with E-state index in [4.69, 9.17) is 16.3 Å². The lowest BCUT2D eigenvalue weighted by atomic mass is 10.1. The summed E-state index contributed by atoms with van der Waals surface area (Å²) in [7, 11) is 5.56. The number of esters is 1. The molecule has 0 unspecified atom stereocenters. The van der Waals surface area contributed by atoms with Gasteiger partial charge in [0.05, 0.1) is 16.8 Å². The SMILES string of the molecule is CC(=O)O[C@H]1Cc2ccccc2[C@H]1Nc1c(C)nc(-c2ccc(N(C)C)cc2Cl)c(=O)n1C. The molecule has 1 N–H and O–H groups in total. The quantitative estimate of drug-likeness (QED) is 0.570. The molecule has 1 aliphatic carbocycles. The molecule has 172 valence electrons. The maximum Gasteiger partial charge on any atom is 0.302 e. The zero-order valence-corrected chi connectivity index (χ0v) is 20.1. The molecule has 0 radical (unpaired) electrons. The molecule has 1 aromatic heterocycles. The van der Waals surface area contributed by atoms with Crippen LogP contribution in [0.3, 0.4) is 0 Å². The molecule has 1 aliphatic rings. The lowest BCUT2D eigenvalue weighted by Gasteiger charge is -2.25. The molecule has 2 atom stereocenters. The van der Waals surface area contributed by atoms with Crippen molar-refractivity contribution in [1.29, 1.82) is 0 Å². The fourth-order valence-corrected chi connectivity index (χ4v) is 4.59. The first-order valence-electron chi connectivity index (χ1n) is 10.7. The molecule has 4 rings (SSSR count). The fourth-order valence-electron chi connectivity index (χ4n) is 4.32. The number of carbonyl (C=O) groups is 1. The molecular formula is C25H27ClN4O3. The standard InChI is InChI=1S/C25H27ClN4O3/c1-14-24(28-22-18-9-7-6-8-16(18)12-21(22)33-15(2)31)30(5)25(32)23(27-14)19-11-10-17(29(3)4)13-20(19)26/h6-11,13,21-22,28H,12H2,1-5H3/t21-,22+/m0/s1. The molecule has 3 aromatic rings. The highest BCUT2D eigenvalue weighted by atomic mass is 35.5. The Labute approximate surface area is 198 Å². The summed E-state index contributed by atoms with van der Waals surface area (Å²) < 4.78 is 7.14. The molecule has 1 heterocycles. The normalized spacial score (nSPS) is 16.9. The minimum absolute atomic E-state index is 0.266. The van der Waals surface area contributed by atoms with Crippen molar-refractivity contribution in [3.63, 3.8) is 0 Å². The molecule has 0 bridgehead atoms. The highest BCUT2D eigenvalue weighted by molar-refractivity contribution is 6.33. The Balaban J connectivity index is 1.74. The summed E-state index contributed by atoms with van der Waals surface area (Å²) in [6.45, 7) is 3.25. The maximum atomic E-state index is 13.3. The Morgan fingerprint density at radius 2 is 1.97 bits per heavy atom. The van der Waals surface area contributed by atoms with E-state index in [9.17, 15) is 9.59 Å². The maximum absolute atomic E-state index is 13.3. The number of hydrogen-bond acceptors (Lipinski definition) is 6. The lowest BCUT2D eigenvalue weighted by molar-refractivity contribution is -0.146. The highest BCUT2D eigenvalue weighted by Crippen LogP contribution is 2.37. The summed E-state index contributed by atoms with van der Waals surface area (Å²) in [6, 6.07) is 13.2. The number of nitrogens with one attached hydrogen (secondary N) is 1. The summed E-state index contributed by atoms with van der Waals surface area (Å²) in [6.07, 6.45) is 0.238. The topological polar surface area (TPSA) is 76.5 Å². The van der Waals surface area contributed by atoms with Crippen LogP contribution in [0.25, 0.3) is 11.3 Å². The van der Waals surface area contributed by atoms with Gasteiger partial charge in [-0.1, -0.05) is 35.9 Å². The molecule has 0 saturated carbocycles. The van der Waals surface area contributed by atoms with Crippen LogP contribution < -0.4 is 15.8 Å². The number of fused-ring (bicyclic) bond motifs is 1. The van der Waals surface area contributed by atoms with E-state index in [1.807, 2.05) is 68.4 Å². The molecule has 0 aliphatic heterocycles. The van der Waals surface area contributed by atoms with Crippen LogP contribution in [0.15, 0.2) is 47.3 Å². The van der Waals surface area contributed by atoms with Crippen LogP contribution in [-0.4, -0.2) is 35.7 Å². The second kappa shape index (κ2) is 8.90. The molecule has 2 aromatic carbocycles. The van der Waals surface area contributed by atoms with Gasteiger partial charge in [-0.05, 0) is 36.2 Å². The molecule has 8 heteroatoms. The number of hydrogen-bond donors (Lipinski definition) is 1. The van der Waals surface area contributed by atoms with Crippen molar-refractivity contribution in [3.8, 4) is 11.3 Å². The number of rotatable bonds is 5. The molecule has 33 heavy (non-hydrogen) atoms. The molecule has 0 spiro atoms. The summed E-state index contributed by atoms with van der Waals surface area (Å²) in [5.74, 6) is 0.234. The number of halogens is 1. The van der Waals surface area contributed by atoms with Crippen molar-refractivity contribution in [2.75, 3.05) is 24.3 Å². The van der Waals surface area contributed by atoms with Crippen LogP contribution in [0.2, 0.25) is 5.02 Å². The Morgan fingerprint density at radius 1 is 1.24 bits per heavy atom. The third-order valence-corrected chi connectivity index (χ3v) is 6.29. The number of carbonyl (C=O) groups excluding carboxylic acids is 1. The van der Waals surface area contributed by atoms with E-state index >= 15 is 0 Å². The minimum Gasteiger partial charge on any atom is -0.460 e. The Morgan fingerprint density at radius 3 is 2.64 bits per heavy atom. The zero-order chi connectivity index (χ0) is 23.9. The number of aromatic nitrogens is 2. The number of aryl methyl sites for hydroxylation is 1. The monoisotopic (exact) mass is 466 g/mol. The first kappa shape index (κ1) is 22.9. The number of benzene rings is 2. The van der Waals surface area contributed by atoms with Crippen LogP contribution in [0, 0.1) is 6.92 Å². The van der Waals surface area contributed by atoms with Crippen molar-refractivity contribution in [2.24, 2.45) is 7.05 Å². The van der Waals surface area contributed by atoms with Crippen LogP contribution >= 0.6 is 11.6 Å². The first-order chi connectivity index (χ1) is 15.7. The van der Waals surface area contributed by atoms with Gasteiger partial charge in [-0.15, -0.1) is 0 Å². The molecule has 0 saturated heterocycles. The predicted octanol–water partition coefficient (Wildman–Crippen LogP) is 4.12. The lowest BCUT2D eigenvalue weighted by Crippen LogP contribution is -2.31. The van der Waals surface area contributed by atoms with E-state index in [1.54, 1.807) is 11.6 Å². The summed E-state index contributed by atoms with van der Waals surface area (Å²) in [5.41, 5.74) is 4.35. The van der Waals surface area contributed by atoms with E-state index in [1.165, 1.54) is 6.92 Å². The number of ether oxygens (including phenoxy) is 1. The second-order valence-corrected chi connectivity index (χ2v) is 8.90. The van der Waals surface area contributed by atoms with Crippen LogP contribution in [0.5, 0.6) is 0 Å². The first-order valence-corrected chi connectivity index (χ1v) is 11.1. The smallest absolute Gasteiger partial charge is 0.302 e. The van der Waals surface area contributed by atoms with Crippen molar-refractivity contribution >= 4 is 29.1 Å². The van der Waals surface area contributed by atoms with Crippen molar-refractivity contribution in [3.05, 3.63) is 74.7 Å². The van der Waals surface area contributed by atoms with E-state index in [0.717, 1.165) is 16.8 Å². The Hall–Kier alpha value is -3.32. The number of nitrogens with zero attached hydrogens (tertiary/aromatic N) is 3.